The molecule has 1 aromatic carbocycles. The quantitative estimate of drug-likeness (QED) is 0.770. The molecule has 0 unspecified atom stereocenters. The second-order valence-electron chi connectivity index (χ2n) is 4.15. The van der Waals surface area contributed by atoms with E-state index < -0.39 is 0 Å². The van der Waals surface area contributed by atoms with Crippen LogP contribution >= 0.6 is 0 Å². The van der Waals surface area contributed by atoms with Gasteiger partial charge in [-0.05, 0) is 24.5 Å². The number of rotatable bonds is 6. The molecule has 0 bridgehead atoms. The third-order valence-corrected chi connectivity index (χ3v) is 2.02. The summed E-state index contributed by atoms with van der Waals surface area (Å²) < 4.78 is 5.56. The number of anilines is 1. The summed E-state index contributed by atoms with van der Waals surface area (Å²) in [6.45, 7) is 8.29. The number of hydrogen-bond donors (Lipinski definition) is 1. The Kier molecular flexibility index (Phi) is 5.02. The van der Waals surface area contributed by atoms with Crippen LogP contribution in [0, 0.1) is 5.92 Å². The summed E-state index contributed by atoms with van der Waals surface area (Å²) in [5, 5.41) is 3.38. The van der Waals surface area contributed by atoms with Gasteiger partial charge in [0.15, 0.2) is 0 Å². The molecule has 0 aliphatic carbocycles. The van der Waals surface area contributed by atoms with Gasteiger partial charge in [0.25, 0.3) is 0 Å². The molecule has 0 aliphatic rings. The van der Waals surface area contributed by atoms with Crippen molar-refractivity contribution in [1.82, 2.24) is 0 Å². The van der Waals surface area contributed by atoms with E-state index in [1.54, 1.807) is 0 Å². The second kappa shape index (κ2) is 6.33. The van der Waals surface area contributed by atoms with Crippen LogP contribution < -0.4 is 10.1 Å². The van der Waals surface area contributed by atoms with Crippen LogP contribution in [0.5, 0.6) is 5.75 Å². The lowest BCUT2D eigenvalue weighted by atomic mass is 10.2. The highest BCUT2D eigenvalue weighted by molar-refractivity contribution is 5.48. The zero-order valence-corrected chi connectivity index (χ0v) is 9.92. The summed E-state index contributed by atoms with van der Waals surface area (Å²) in [5.41, 5.74) is 1.14. The van der Waals surface area contributed by atoms with Crippen molar-refractivity contribution in [2.45, 2.75) is 27.2 Å². The summed E-state index contributed by atoms with van der Waals surface area (Å²) in [7, 11) is 0. The Morgan fingerprint density at radius 3 is 2.80 bits per heavy atom. The van der Waals surface area contributed by atoms with Crippen molar-refractivity contribution >= 4 is 5.69 Å². The first-order valence-electron chi connectivity index (χ1n) is 5.69. The average molecular weight is 207 g/mol. The molecule has 0 heterocycles. The first-order valence-corrected chi connectivity index (χ1v) is 5.69. The van der Waals surface area contributed by atoms with E-state index in [0.29, 0.717) is 5.92 Å². The summed E-state index contributed by atoms with van der Waals surface area (Å²) in [6.07, 6.45) is 1.05. The van der Waals surface area contributed by atoms with Crippen molar-refractivity contribution in [2.24, 2.45) is 5.92 Å². The fourth-order valence-corrected chi connectivity index (χ4v) is 1.24. The predicted molar refractivity (Wildman–Crippen MR) is 65.6 cm³/mol. The van der Waals surface area contributed by atoms with Gasteiger partial charge >= 0.3 is 0 Å². The fourth-order valence-electron chi connectivity index (χ4n) is 1.24. The molecule has 0 aromatic heterocycles. The zero-order valence-electron chi connectivity index (χ0n) is 9.92. The van der Waals surface area contributed by atoms with E-state index in [9.17, 15) is 0 Å². The Labute approximate surface area is 92.6 Å². The van der Waals surface area contributed by atoms with Crippen LogP contribution in [0.15, 0.2) is 24.3 Å². The normalized spacial score (nSPS) is 10.4. The van der Waals surface area contributed by atoms with Crippen LogP contribution in [0.3, 0.4) is 0 Å². The summed E-state index contributed by atoms with van der Waals surface area (Å²) >= 11 is 0. The minimum Gasteiger partial charge on any atom is -0.494 e. The van der Waals surface area contributed by atoms with Gasteiger partial charge < -0.3 is 10.1 Å². The van der Waals surface area contributed by atoms with Crippen LogP contribution in [0.25, 0.3) is 0 Å². The molecular formula is C13H21NO. The summed E-state index contributed by atoms with van der Waals surface area (Å²) in [6, 6.07) is 8.14. The Hall–Kier alpha value is -1.18. The van der Waals surface area contributed by atoms with Gasteiger partial charge in [0, 0.05) is 18.3 Å². The number of ether oxygens (including phenoxy) is 1. The highest BCUT2D eigenvalue weighted by Crippen LogP contribution is 2.17. The minimum absolute atomic E-state index is 0.658. The highest BCUT2D eigenvalue weighted by atomic mass is 16.5. The summed E-state index contributed by atoms with van der Waals surface area (Å²) in [4.78, 5) is 0. The minimum atomic E-state index is 0.658. The van der Waals surface area contributed by atoms with Crippen LogP contribution in [0.2, 0.25) is 0 Å². The topological polar surface area (TPSA) is 21.3 Å². The number of nitrogens with one attached hydrogen (secondary N) is 1. The third kappa shape index (κ3) is 4.73. The molecule has 84 valence electrons. The molecule has 0 atom stereocenters. The van der Waals surface area contributed by atoms with Crippen molar-refractivity contribution in [1.29, 1.82) is 0 Å². The molecule has 0 radical (unpaired) electrons. The maximum atomic E-state index is 5.56. The van der Waals surface area contributed by atoms with Gasteiger partial charge in [0.2, 0.25) is 0 Å². The molecular weight excluding hydrogens is 186 g/mol. The highest BCUT2D eigenvalue weighted by Gasteiger charge is 1.97. The van der Waals surface area contributed by atoms with E-state index in [2.05, 4.69) is 38.2 Å². The Morgan fingerprint density at radius 2 is 2.13 bits per heavy atom. The van der Waals surface area contributed by atoms with Crippen molar-refractivity contribution in [2.75, 3.05) is 18.5 Å². The maximum Gasteiger partial charge on any atom is 0.121 e. The van der Waals surface area contributed by atoms with E-state index in [0.717, 1.165) is 31.0 Å². The molecule has 1 aromatic rings. The van der Waals surface area contributed by atoms with E-state index in [1.807, 2.05) is 12.1 Å². The van der Waals surface area contributed by atoms with Crippen molar-refractivity contribution < 1.29 is 4.74 Å². The van der Waals surface area contributed by atoms with Gasteiger partial charge in [-0.2, -0.15) is 0 Å². The lowest BCUT2D eigenvalue weighted by molar-refractivity contribution is 0.317. The average Bonchev–Trinajstić information content (AvgIpc) is 2.24. The molecule has 0 amide bonds. The standard InChI is InChI=1S/C13H21NO/c1-4-8-15-13-7-5-6-12(9-13)14-10-11(2)3/h5-7,9,11,14H,4,8,10H2,1-3H3. The van der Waals surface area contributed by atoms with Crippen molar-refractivity contribution in [3.05, 3.63) is 24.3 Å². The molecule has 0 aliphatic heterocycles. The van der Waals surface area contributed by atoms with Gasteiger partial charge in [0.05, 0.1) is 6.61 Å². The van der Waals surface area contributed by atoms with Crippen LogP contribution in [0.4, 0.5) is 5.69 Å². The van der Waals surface area contributed by atoms with E-state index >= 15 is 0 Å². The maximum absolute atomic E-state index is 5.56. The zero-order chi connectivity index (χ0) is 11.1. The molecule has 0 saturated carbocycles. The molecule has 0 spiro atoms. The Balaban J connectivity index is 2.50. The van der Waals surface area contributed by atoms with Gasteiger partial charge in [-0.15, -0.1) is 0 Å². The monoisotopic (exact) mass is 207 g/mol. The molecule has 1 N–H and O–H groups in total. The summed E-state index contributed by atoms with van der Waals surface area (Å²) in [5.74, 6) is 1.61. The van der Waals surface area contributed by atoms with Crippen LogP contribution in [-0.2, 0) is 0 Å². The Bertz CT molecular complexity index is 284. The van der Waals surface area contributed by atoms with Gasteiger partial charge in [-0.3, -0.25) is 0 Å². The van der Waals surface area contributed by atoms with Crippen molar-refractivity contribution in [3.8, 4) is 5.75 Å². The van der Waals surface area contributed by atoms with E-state index in [1.165, 1.54) is 0 Å². The second-order valence-corrected chi connectivity index (χ2v) is 4.15. The van der Waals surface area contributed by atoms with Gasteiger partial charge in [-0.25, -0.2) is 0 Å². The fraction of sp³-hybridized carbons (Fsp3) is 0.538. The SMILES string of the molecule is CCCOc1cccc(NCC(C)C)c1. The predicted octanol–water partition coefficient (Wildman–Crippen LogP) is 3.54. The van der Waals surface area contributed by atoms with Gasteiger partial charge in [-0.1, -0.05) is 26.8 Å². The third-order valence-electron chi connectivity index (χ3n) is 2.02. The van der Waals surface area contributed by atoms with Crippen LogP contribution in [-0.4, -0.2) is 13.2 Å². The van der Waals surface area contributed by atoms with Crippen LogP contribution in [0.1, 0.15) is 27.2 Å². The van der Waals surface area contributed by atoms with E-state index in [-0.39, 0.29) is 0 Å². The Morgan fingerprint density at radius 1 is 1.33 bits per heavy atom. The number of hydrogen-bond acceptors (Lipinski definition) is 2. The first-order chi connectivity index (χ1) is 7.22. The molecule has 15 heavy (non-hydrogen) atoms. The first kappa shape index (κ1) is 11.9. The number of benzene rings is 1. The van der Waals surface area contributed by atoms with Gasteiger partial charge in [0.1, 0.15) is 5.75 Å². The molecule has 0 fully saturated rings. The molecule has 2 heteroatoms. The smallest absolute Gasteiger partial charge is 0.121 e. The molecule has 1 rings (SSSR count). The lowest BCUT2D eigenvalue weighted by Gasteiger charge is -2.10. The van der Waals surface area contributed by atoms with Crippen molar-refractivity contribution in [3.63, 3.8) is 0 Å². The largest absolute Gasteiger partial charge is 0.494 e. The van der Waals surface area contributed by atoms with E-state index in [4.69, 9.17) is 4.74 Å². The molecule has 2 nitrogen and oxygen atoms in total. The molecule has 0 saturated heterocycles. The lowest BCUT2D eigenvalue weighted by Crippen LogP contribution is -2.07.